The predicted molar refractivity (Wildman–Crippen MR) is 127 cm³/mol. The Kier molecular flexibility index (Phi) is 7.35. The summed E-state index contributed by atoms with van der Waals surface area (Å²) in [6, 6.07) is 14.3. The highest BCUT2D eigenvalue weighted by atomic mass is 35.5. The fourth-order valence-corrected chi connectivity index (χ4v) is 5.56. The van der Waals surface area contributed by atoms with Crippen LogP contribution < -0.4 is 0 Å². The maximum Gasteiger partial charge on any atom is 0.275 e. The number of likely N-dealkylation sites (N-methyl/N-ethyl adjacent to an activating group) is 1. The number of halogens is 2. The zero-order valence-electron chi connectivity index (χ0n) is 18.7. The van der Waals surface area contributed by atoms with Gasteiger partial charge in [0.15, 0.2) is 0 Å². The van der Waals surface area contributed by atoms with Crippen LogP contribution in [0.25, 0.3) is 0 Å². The van der Waals surface area contributed by atoms with Crippen molar-refractivity contribution in [2.75, 3.05) is 46.9 Å². The molecule has 178 valence electrons. The number of morpholine rings is 1. The molecular weight excluding hydrogens is 467 g/mol. The molecule has 2 aliphatic heterocycles. The van der Waals surface area contributed by atoms with E-state index < -0.39 is 10.3 Å². The van der Waals surface area contributed by atoms with Gasteiger partial charge in [-0.05, 0) is 44.3 Å². The fourth-order valence-electron chi connectivity index (χ4n) is 4.13. The molecule has 0 bridgehead atoms. The molecule has 3 atom stereocenters. The number of rotatable bonds is 5. The van der Waals surface area contributed by atoms with Crippen LogP contribution in [0, 0.1) is 0 Å². The van der Waals surface area contributed by atoms with Crippen molar-refractivity contribution in [3.63, 3.8) is 0 Å². The summed E-state index contributed by atoms with van der Waals surface area (Å²) in [6.45, 7) is 1.99. The molecule has 7 nitrogen and oxygen atoms in total. The highest BCUT2D eigenvalue weighted by Crippen LogP contribution is 2.29. The minimum atomic E-state index is -4.08. The second-order valence-corrected chi connectivity index (χ2v) is 10.5. The average molecular weight is 495 g/mol. The molecule has 2 aromatic carbocycles. The maximum atomic E-state index is 14.9. The first-order valence-corrected chi connectivity index (χ1v) is 12.6. The molecule has 10 heteroatoms. The Hall–Kier alpha value is -2.04. The lowest BCUT2D eigenvalue weighted by Gasteiger charge is -2.33. The zero-order valence-corrected chi connectivity index (χ0v) is 20.3. The molecule has 2 saturated heterocycles. The second-order valence-electron chi connectivity index (χ2n) is 8.50. The van der Waals surface area contributed by atoms with Crippen molar-refractivity contribution in [2.45, 2.75) is 18.6 Å². The van der Waals surface area contributed by atoms with Gasteiger partial charge in [-0.2, -0.15) is 12.9 Å². The van der Waals surface area contributed by atoms with E-state index in [1.165, 1.54) is 22.5 Å². The van der Waals surface area contributed by atoms with Crippen molar-refractivity contribution in [3.8, 4) is 0 Å². The van der Waals surface area contributed by atoms with Crippen LogP contribution in [0.1, 0.15) is 28.4 Å². The van der Waals surface area contributed by atoms with Gasteiger partial charge in [-0.3, -0.25) is 4.79 Å². The Balaban J connectivity index is 1.49. The van der Waals surface area contributed by atoms with Crippen molar-refractivity contribution in [1.29, 1.82) is 0 Å². The topological polar surface area (TPSA) is 65.5 Å². The van der Waals surface area contributed by atoms with Crippen LogP contribution in [-0.2, 0) is 15.0 Å². The Bertz CT molecular complexity index is 1120. The lowest BCUT2D eigenvalue weighted by molar-refractivity contribution is -0.0228. The van der Waals surface area contributed by atoms with E-state index >= 15 is 0 Å². The van der Waals surface area contributed by atoms with Gasteiger partial charge in [-0.15, -0.1) is 3.89 Å². The summed E-state index contributed by atoms with van der Waals surface area (Å²) in [5, 5.41) is 0.145. The normalized spacial score (nSPS) is 23.5. The molecule has 0 aromatic heterocycles. The summed E-state index contributed by atoms with van der Waals surface area (Å²) in [6.07, 6.45) is 0.515. The van der Waals surface area contributed by atoms with Crippen molar-refractivity contribution in [2.24, 2.45) is 4.36 Å². The second kappa shape index (κ2) is 10.1. The van der Waals surface area contributed by atoms with E-state index in [2.05, 4.69) is 4.36 Å². The van der Waals surface area contributed by atoms with Crippen LogP contribution in [0.4, 0.5) is 9.57 Å². The fraction of sp³-hybridized carbons (Fsp3) is 0.435. The number of ether oxygens (including phenoxy) is 1. The number of carbonyl (C=O) groups is 1. The number of nitrogens with zero attached hydrogens (tertiary/aromatic N) is 4. The third-order valence-corrected chi connectivity index (χ3v) is 7.82. The van der Waals surface area contributed by atoms with E-state index in [1.807, 2.05) is 49.3 Å². The van der Waals surface area contributed by atoms with E-state index in [1.54, 1.807) is 4.90 Å². The molecule has 0 aliphatic carbocycles. The molecule has 2 aliphatic rings. The van der Waals surface area contributed by atoms with Gasteiger partial charge in [0.1, 0.15) is 6.10 Å². The number of benzene rings is 2. The minimum Gasteiger partial charge on any atom is -0.370 e. The van der Waals surface area contributed by atoms with Crippen LogP contribution >= 0.6 is 11.6 Å². The van der Waals surface area contributed by atoms with Gasteiger partial charge in [-0.25, -0.2) is 0 Å². The standard InChI is InChI=1S/C23H28ClFN4O3S/c1-27(2)19-10-11-29(15-19)33(25,31)26-18-8-9-20(21(24)14-18)23(30)28-12-13-32-22(16-28)17-6-4-3-5-7-17/h3-9,14,19,22H,10-13,15-16H2,1-2H3/t19?,22-,33?/m1/s1. The summed E-state index contributed by atoms with van der Waals surface area (Å²) in [7, 11) is -0.248. The molecule has 2 unspecified atom stereocenters. The van der Waals surface area contributed by atoms with Crippen molar-refractivity contribution >= 4 is 33.5 Å². The third-order valence-electron chi connectivity index (χ3n) is 6.10. The number of hydrogen-bond donors (Lipinski definition) is 0. The van der Waals surface area contributed by atoms with Crippen LogP contribution in [0.15, 0.2) is 52.9 Å². The van der Waals surface area contributed by atoms with E-state index in [9.17, 15) is 12.9 Å². The maximum absolute atomic E-state index is 14.9. The van der Waals surface area contributed by atoms with Crippen molar-refractivity contribution in [3.05, 3.63) is 64.7 Å². The summed E-state index contributed by atoms with van der Waals surface area (Å²) in [5.74, 6) is -0.231. The van der Waals surface area contributed by atoms with E-state index in [0.29, 0.717) is 38.3 Å². The summed E-state index contributed by atoms with van der Waals surface area (Å²) >= 11 is 6.38. The largest absolute Gasteiger partial charge is 0.370 e. The predicted octanol–water partition coefficient (Wildman–Crippen LogP) is 4.09. The lowest BCUT2D eigenvalue weighted by atomic mass is 10.1. The SMILES string of the molecule is CN(C)C1CCN(S(=O)(F)=Nc2ccc(C(=O)N3CCO[C@@H](c4ccccc4)C3)c(Cl)c2)C1. The Morgan fingerprint density at radius 1 is 1.18 bits per heavy atom. The monoisotopic (exact) mass is 494 g/mol. The van der Waals surface area contributed by atoms with Gasteiger partial charge >= 0.3 is 0 Å². The van der Waals surface area contributed by atoms with Crippen molar-refractivity contribution < 1.29 is 17.6 Å². The van der Waals surface area contributed by atoms with Gasteiger partial charge in [0.25, 0.3) is 16.2 Å². The lowest BCUT2D eigenvalue weighted by Crippen LogP contribution is -2.42. The van der Waals surface area contributed by atoms with E-state index in [-0.39, 0.29) is 28.8 Å². The first kappa shape index (κ1) is 24.1. The Morgan fingerprint density at radius 2 is 1.94 bits per heavy atom. The highest BCUT2D eigenvalue weighted by molar-refractivity contribution is 7.86. The average Bonchev–Trinajstić information content (AvgIpc) is 3.31. The smallest absolute Gasteiger partial charge is 0.275 e. The van der Waals surface area contributed by atoms with Gasteiger partial charge < -0.3 is 14.5 Å². The van der Waals surface area contributed by atoms with E-state index in [0.717, 1.165) is 12.0 Å². The van der Waals surface area contributed by atoms with Gasteiger partial charge in [0.05, 0.1) is 29.4 Å². The molecule has 0 spiro atoms. The molecule has 0 N–H and O–H groups in total. The molecular formula is C23H28ClFN4O3S. The molecule has 4 rings (SSSR count). The molecule has 2 heterocycles. The van der Waals surface area contributed by atoms with Gasteiger partial charge in [0, 0.05) is 25.7 Å². The summed E-state index contributed by atoms with van der Waals surface area (Å²) < 4.78 is 38.5. The quantitative estimate of drug-likeness (QED) is 0.587. The van der Waals surface area contributed by atoms with Crippen LogP contribution in [0.3, 0.4) is 0 Å². The third kappa shape index (κ3) is 5.55. The molecule has 2 aromatic rings. The summed E-state index contributed by atoms with van der Waals surface area (Å²) in [4.78, 5) is 16.8. The van der Waals surface area contributed by atoms with Crippen LogP contribution in [0.5, 0.6) is 0 Å². The molecule has 0 saturated carbocycles. The molecule has 1 amide bonds. The van der Waals surface area contributed by atoms with Gasteiger partial charge in [-0.1, -0.05) is 41.9 Å². The Labute approximate surface area is 199 Å². The first-order chi connectivity index (χ1) is 15.7. The molecule has 33 heavy (non-hydrogen) atoms. The molecule has 0 radical (unpaired) electrons. The number of carbonyl (C=O) groups excluding carboxylic acids is 1. The van der Waals surface area contributed by atoms with Crippen LogP contribution in [0.2, 0.25) is 5.02 Å². The first-order valence-electron chi connectivity index (χ1n) is 10.9. The number of amides is 1. The molecule has 2 fully saturated rings. The van der Waals surface area contributed by atoms with Crippen molar-refractivity contribution in [1.82, 2.24) is 14.1 Å². The van der Waals surface area contributed by atoms with Crippen LogP contribution in [-0.4, -0.2) is 77.1 Å². The highest BCUT2D eigenvalue weighted by Gasteiger charge is 2.31. The Morgan fingerprint density at radius 3 is 2.61 bits per heavy atom. The minimum absolute atomic E-state index is 0.133. The van der Waals surface area contributed by atoms with E-state index in [4.69, 9.17) is 16.3 Å². The van der Waals surface area contributed by atoms with Gasteiger partial charge in [0.2, 0.25) is 0 Å². The zero-order chi connectivity index (χ0) is 23.6. The summed E-state index contributed by atoms with van der Waals surface area (Å²) in [5.41, 5.74) is 1.44. The number of hydrogen-bond acceptors (Lipinski definition) is 5.